The van der Waals surface area contributed by atoms with Crippen LogP contribution in [0.4, 0.5) is 0 Å². The molecule has 176 valence electrons. The molecule has 0 unspecified atom stereocenters. The van der Waals surface area contributed by atoms with Crippen LogP contribution in [0, 0.1) is 0 Å². The SMILES string of the molecule is Brc1cccc2ccccc12.c1ccc2c(-c3ccc(-c4cccc5ccccc45)cc3)cccc2c1. The molecule has 37 heavy (non-hydrogen) atoms. The van der Waals surface area contributed by atoms with Crippen LogP contribution >= 0.6 is 15.9 Å². The summed E-state index contributed by atoms with van der Waals surface area (Å²) in [6, 6.07) is 53.6. The summed E-state index contributed by atoms with van der Waals surface area (Å²) in [4.78, 5) is 0. The van der Waals surface area contributed by atoms with Crippen molar-refractivity contribution >= 4 is 48.2 Å². The summed E-state index contributed by atoms with van der Waals surface area (Å²) in [5.74, 6) is 0. The van der Waals surface area contributed by atoms with Crippen LogP contribution in [0.5, 0.6) is 0 Å². The average Bonchev–Trinajstić information content (AvgIpc) is 2.97. The Morgan fingerprint density at radius 2 is 0.649 bits per heavy atom. The molecule has 0 spiro atoms. The molecule has 7 aromatic rings. The predicted molar refractivity (Wildman–Crippen MR) is 164 cm³/mol. The lowest BCUT2D eigenvalue weighted by Crippen LogP contribution is -1.84. The second-order valence-electron chi connectivity index (χ2n) is 9.09. The van der Waals surface area contributed by atoms with Gasteiger partial charge in [0.25, 0.3) is 0 Å². The van der Waals surface area contributed by atoms with Gasteiger partial charge in [0.2, 0.25) is 0 Å². The van der Waals surface area contributed by atoms with Crippen LogP contribution in [0.2, 0.25) is 0 Å². The zero-order valence-electron chi connectivity index (χ0n) is 20.3. The maximum absolute atomic E-state index is 3.50. The first-order chi connectivity index (χ1) is 18.3. The van der Waals surface area contributed by atoms with Crippen molar-refractivity contribution < 1.29 is 0 Å². The Hall–Kier alpha value is -4.20. The third-order valence-corrected chi connectivity index (χ3v) is 7.51. The quantitative estimate of drug-likeness (QED) is 0.206. The van der Waals surface area contributed by atoms with E-state index in [2.05, 4.69) is 155 Å². The minimum atomic E-state index is 1.16. The van der Waals surface area contributed by atoms with E-state index in [1.54, 1.807) is 0 Å². The molecule has 0 aromatic heterocycles. The van der Waals surface area contributed by atoms with E-state index in [-0.39, 0.29) is 0 Å². The van der Waals surface area contributed by atoms with Gasteiger partial charge in [-0.3, -0.25) is 0 Å². The third kappa shape index (κ3) is 4.79. The van der Waals surface area contributed by atoms with Gasteiger partial charge in [-0.15, -0.1) is 0 Å². The Morgan fingerprint density at radius 3 is 1.11 bits per heavy atom. The fraction of sp³-hybridized carbons (Fsp3) is 0. The van der Waals surface area contributed by atoms with Gasteiger partial charge in [-0.1, -0.05) is 162 Å². The molecule has 0 N–H and O–H groups in total. The second kappa shape index (κ2) is 10.4. The van der Waals surface area contributed by atoms with Crippen molar-refractivity contribution in [3.05, 3.63) is 156 Å². The number of hydrogen-bond acceptors (Lipinski definition) is 0. The summed E-state index contributed by atoms with van der Waals surface area (Å²) >= 11 is 3.50. The molecule has 0 aliphatic rings. The molecule has 0 saturated heterocycles. The van der Waals surface area contributed by atoms with Crippen LogP contribution in [0.3, 0.4) is 0 Å². The van der Waals surface area contributed by atoms with Crippen LogP contribution in [0.25, 0.3) is 54.6 Å². The van der Waals surface area contributed by atoms with Crippen molar-refractivity contribution in [1.29, 1.82) is 0 Å². The highest BCUT2D eigenvalue weighted by molar-refractivity contribution is 9.10. The van der Waals surface area contributed by atoms with Crippen LogP contribution in [0.1, 0.15) is 0 Å². The summed E-state index contributed by atoms with van der Waals surface area (Å²) in [6.07, 6.45) is 0. The van der Waals surface area contributed by atoms with Crippen LogP contribution < -0.4 is 0 Å². The van der Waals surface area contributed by atoms with E-state index in [0.29, 0.717) is 0 Å². The van der Waals surface area contributed by atoms with Gasteiger partial charge < -0.3 is 0 Å². The first kappa shape index (κ1) is 23.2. The van der Waals surface area contributed by atoms with Gasteiger partial charge in [0.05, 0.1) is 0 Å². The normalized spacial score (nSPS) is 10.8. The molecule has 0 bridgehead atoms. The molecule has 0 aliphatic carbocycles. The summed E-state index contributed by atoms with van der Waals surface area (Å²) < 4.78 is 1.16. The molecule has 0 saturated carbocycles. The van der Waals surface area contributed by atoms with Crippen molar-refractivity contribution in [2.24, 2.45) is 0 Å². The molecule has 7 rings (SSSR count). The third-order valence-electron chi connectivity index (χ3n) is 6.82. The minimum absolute atomic E-state index is 1.16. The molecule has 0 radical (unpaired) electrons. The van der Waals surface area contributed by atoms with Gasteiger partial charge in [0, 0.05) is 4.47 Å². The van der Waals surface area contributed by atoms with Gasteiger partial charge in [-0.25, -0.2) is 0 Å². The van der Waals surface area contributed by atoms with Crippen molar-refractivity contribution in [1.82, 2.24) is 0 Å². The number of fused-ring (bicyclic) bond motifs is 3. The van der Waals surface area contributed by atoms with E-state index in [4.69, 9.17) is 0 Å². The molecule has 0 heterocycles. The highest BCUT2D eigenvalue weighted by Crippen LogP contribution is 2.33. The number of rotatable bonds is 2. The number of halogens is 1. The van der Waals surface area contributed by atoms with E-state index in [1.165, 1.54) is 54.6 Å². The van der Waals surface area contributed by atoms with E-state index in [0.717, 1.165) is 4.47 Å². The van der Waals surface area contributed by atoms with Crippen molar-refractivity contribution in [3.63, 3.8) is 0 Å². The molecule has 0 amide bonds. The monoisotopic (exact) mass is 536 g/mol. The zero-order chi connectivity index (χ0) is 25.0. The van der Waals surface area contributed by atoms with E-state index in [9.17, 15) is 0 Å². The Morgan fingerprint density at radius 1 is 0.297 bits per heavy atom. The molecule has 0 atom stereocenters. The summed E-state index contributed by atoms with van der Waals surface area (Å²) in [6.45, 7) is 0. The van der Waals surface area contributed by atoms with Gasteiger partial charge in [0.1, 0.15) is 0 Å². The lowest BCUT2D eigenvalue weighted by molar-refractivity contribution is 1.62. The molecule has 0 aliphatic heterocycles. The maximum Gasteiger partial charge on any atom is 0.0253 e. The first-order valence-corrected chi connectivity index (χ1v) is 13.3. The number of benzene rings is 7. The fourth-order valence-corrected chi connectivity index (χ4v) is 5.48. The van der Waals surface area contributed by atoms with Crippen molar-refractivity contribution in [3.8, 4) is 22.3 Å². The molecule has 1 heteroatoms. The van der Waals surface area contributed by atoms with E-state index < -0.39 is 0 Å². The maximum atomic E-state index is 3.50. The first-order valence-electron chi connectivity index (χ1n) is 12.5. The van der Waals surface area contributed by atoms with Gasteiger partial charge in [-0.2, -0.15) is 0 Å². The topological polar surface area (TPSA) is 0 Å². The summed E-state index contributed by atoms with van der Waals surface area (Å²) in [5.41, 5.74) is 5.08. The molecular formula is C36H25Br. The van der Waals surface area contributed by atoms with Gasteiger partial charge in [0.15, 0.2) is 0 Å². The van der Waals surface area contributed by atoms with Gasteiger partial charge >= 0.3 is 0 Å². The standard InChI is InChI=1S/C26H18.C10H7Br/c1-3-11-23-19(7-1)9-5-13-25(23)21-15-17-22(18-16-21)26-14-6-10-20-8-2-4-12-24(20)26;11-10-7-3-5-8-4-1-2-6-9(8)10/h1-18H;1-7H. The Bertz CT molecular complexity index is 1720. The summed E-state index contributed by atoms with van der Waals surface area (Å²) in [7, 11) is 0. The molecule has 0 fully saturated rings. The van der Waals surface area contributed by atoms with Crippen LogP contribution in [0.15, 0.2) is 156 Å². The smallest absolute Gasteiger partial charge is 0.0253 e. The summed E-state index contributed by atoms with van der Waals surface area (Å²) in [5, 5.41) is 7.71. The largest absolute Gasteiger partial charge is 0.0616 e. The fourth-order valence-electron chi connectivity index (χ4n) is 4.97. The predicted octanol–water partition coefficient (Wildman–Crippen LogP) is 10.9. The average molecular weight is 538 g/mol. The Labute approximate surface area is 226 Å². The lowest BCUT2D eigenvalue weighted by atomic mass is 9.94. The van der Waals surface area contributed by atoms with Crippen molar-refractivity contribution in [2.75, 3.05) is 0 Å². The molecule has 0 nitrogen and oxygen atoms in total. The van der Waals surface area contributed by atoms with Crippen LogP contribution in [-0.4, -0.2) is 0 Å². The Balaban J connectivity index is 0.000000191. The van der Waals surface area contributed by atoms with E-state index in [1.807, 2.05) is 12.1 Å². The highest BCUT2D eigenvalue weighted by atomic mass is 79.9. The van der Waals surface area contributed by atoms with Crippen molar-refractivity contribution in [2.45, 2.75) is 0 Å². The lowest BCUT2D eigenvalue weighted by Gasteiger charge is -2.10. The second-order valence-corrected chi connectivity index (χ2v) is 9.95. The minimum Gasteiger partial charge on any atom is -0.0616 e. The van der Waals surface area contributed by atoms with Crippen LogP contribution in [-0.2, 0) is 0 Å². The van der Waals surface area contributed by atoms with Gasteiger partial charge in [-0.05, 0) is 60.6 Å². The highest BCUT2D eigenvalue weighted by Gasteiger charge is 2.06. The molecule has 7 aromatic carbocycles. The zero-order valence-corrected chi connectivity index (χ0v) is 21.9. The molecular weight excluding hydrogens is 512 g/mol. The van der Waals surface area contributed by atoms with E-state index >= 15 is 0 Å². The number of hydrogen-bond donors (Lipinski definition) is 0. The Kier molecular flexibility index (Phi) is 6.54.